The van der Waals surface area contributed by atoms with Gasteiger partial charge in [-0.25, -0.2) is 43.9 Å². The number of hydrogen-bond donors (Lipinski definition) is 0. The van der Waals surface area contributed by atoms with Crippen molar-refractivity contribution >= 4 is 0 Å². The first-order chi connectivity index (χ1) is 62.4. The predicted molar refractivity (Wildman–Crippen MR) is 553 cm³/mol. The second-order valence-corrected chi connectivity index (χ2v) is 35.1. The van der Waals surface area contributed by atoms with Crippen LogP contribution in [-0.4, -0.2) is 14.2 Å². The van der Waals surface area contributed by atoms with Crippen LogP contribution in [0.1, 0.15) is 200 Å². The van der Waals surface area contributed by atoms with Gasteiger partial charge in [-0.1, -0.05) is 203 Å². The third-order valence-electron chi connectivity index (χ3n) is 22.5. The van der Waals surface area contributed by atoms with Crippen molar-refractivity contribution < 1.29 is 53.4 Å². The van der Waals surface area contributed by atoms with Crippen molar-refractivity contribution in [2.75, 3.05) is 14.2 Å². The lowest BCUT2D eigenvalue weighted by Gasteiger charge is -2.04. The van der Waals surface area contributed by atoms with Crippen LogP contribution < -0.4 is 9.47 Å². The fraction of sp³-hybridized carbons (Fsp3) is 0.311. The number of methoxy groups -OCH3 is 2. The van der Waals surface area contributed by atoms with E-state index in [1.165, 1.54) is 175 Å². The molecular weight excluding hydrogens is 1690 g/mol. The quantitative estimate of drug-likeness (QED) is 0.161. The third kappa shape index (κ3) is 44.7. The fourth-order valence-corrected chi connectivity index (χ4v) is 12.3. The zero-order valence-electron chi connectivity index (χ0n) is 87.4. The normalized spacial score (nSPS) is 9.79. The second-order valence-electron chi connectivity index (χ2n) is 35.1. The van der Waals surface area contributed by atoms with Crippen LogP contribution in [0.4, 0.5) is 43.9 Å². The zero-order chi connectivity index (χ0) is 103. The third-order valence-corrected chi connectivity index (χ3v) is 22.5. The van der Waals surface area contributed by atoms with Gasteiger partial charge < -0.3 is 9.47 Å². The maximum absolute atomic E-state index is 13.0. The van der Waals surface area contributed by atoms with Gasteiger partial charge in [-0.3, -0.25) is 0 Å². The smallest absolute Gasteiger partial charge is 0.161 e. The molecule has 0 aliphatic rings. The minimum Gasteiger partial charge on any atom is -0.496 e. The first-order valence-electron chi connectivity index (χ1n) is 45.0. The van der Waals surface area contributed by atoms with Gasteiger partial charge in [0, 0.05) is 11.1 Å². The molecule has 0 aliphatic carbocycles. The standard InChI is InChI=1S/2C10H14.2C9H11F.2C9H12O.2C9H12.3C8H8F2.2C8H9F.C8H10/c2*1-7-5-8(2)10(4)9(3)6-7;2*1-6-4-5-7(2)9(10)8(6)3;2*1-7-4-5-8(2)9(6-7)10-3;2*1-7-4-5-8(2)9(3)6-7;2*1-5-3-7(9)6(2)8(10)4-5;1-5-3-4-6(2)8(10)7(5)9;2*1-6-3-4-7(2)8(9)5-6;1-7-3-5-8(2)6-4-7/h2*5-6H,1-4H3;2*4-5H,1-3H3;2*4-6H,1-3H3;2*4-6H,1-3H3;3*3-4H,1-2H3;2*3-5H,1-2H3;3-6H,1-2H3. The van der Waals surface area contributed by atoms with E-state index in [1.807, 2.05) is 77.9 Å². The van der Waals surface area contributed by atoms with Gasteiger partial charge in [0.05, 0.1) is 14.2 Å². The van der Waals surface area contributed by atoms with E-state index in [9.17, 15) is 43.9 Å². The lowest BCUT2D eigenvalue weighted by molar-refractivity contribution is 0.411. The molecule has 0 fully saturated rings. The van der Waals surface area contributed by atoms with E-state index < -0.39 is 34.9 Å². The number of aryl methyl sites for hydroxylation is 30. The summed E-state index contributed by atoms with van der Waals surface area (Å²) >= 11 is 0. The summed E-state index contributed by atoms with van der Waals surface area (Å²) in [6.07, 6.45) is 0. The molecule has 0 bridgehead atoms. The summed E-state index contributed by atoms with van der Waals surface area (Å²) in [5, 5.41) is 0. The summed E-state index contributed by atoms with van der Waals surface area (Å²) in [6, 6.07) is 69.1. The van der Waals surface area contributed by atoms with Crippen LogP contribution in [0.25, 0.3) is 0 Å². The van der Waals surface area contributed by atoms with Crippen LogP contribution >= 0.6 is 0 Å². The Kier molecular flexibility index (Phi) is 54.0. The molecule has 14 aromatic rings. The van der Waals surface area contributed by atoms with Crippen molar-refractivity contribution in [2.45, 2.75) is 249 Å². The molecule has 12 heteroatoms. The lowest BCUT2D eigenvalue weighted by Crippen LogP contribution is -1.91. The Labute approximate surface area is 800 Å². The molecule has 0 saturated carbocycles. The van der Waals surface area contributed by atoms with Crippen molar-refractivity contribution in [3.05, 3.63) is 477 Å². The molecule has 0 aliphatic heterocycles. The summed E-state index contributed by atoms with van der Waals surface area (Å²) in [5.41, 5.74) is 37.4. The van der Waals surface area contributed by atoms with Gasteiger partial charge >= 0.3 is 0 Å². The molecule has 0 radical (unpaired) electrons. The van der Waals surface area contributed by atoms with Crippen molar-refractivity contribution in [1.82, 2.24) is 0 Å². The maximum atomic E-state index is 13.0. The molecular formula is C122H150F10O2. The van der Waals surface area contributed by atoms with Crippen LogP contribution in [0.15, 0.2) is 218 Å². The lowest BCUT2D eigenvalue weighted by atomic mass is 10.0. The molecule has 14 aromatic carbocycles. The number of hydrogen-bond acceptors (Lipinski definition) is 2. The van der Waals surface area contributed by atoms with Crippen LogP contribution in [0.3, 0.4) is 0 Å². The van der Waals surface area contributed by atoms with Gasteiger partial charge in [0.25, 0.3) is 0 Å². The number of benzene rings is 14. The van der Waals surface area contributed by atoms with E-state index in [0.29, 0.717) is 33.4 Å². The zero-order valence-corrected chi connectivity index (χ0v) is 87.4. The molecule has 720 valence electrons. The van der Waals surface area contributed by atoms with E-state index >= 15 is 0 Å². The van der Waals surface area contributed by atoms with E-state index in [-0.39, 0.29) is 34.4 Å². The molecule has 0 heterocycles. The average molecular weight is 1840 g/mol. The Morgan fingerprint density at radius 1 is 0.127 bits per heavy atom. The molecule has 0 unspecified atom stereocenters. The molecule has 0 atom stereocenters. The van der Waals surface area contributed by atoms with Crippen LogP contribution in [0, 0.1) is 307 Å². The highest BCUT2D eigenvalue weighted by molar-refractivity contribution is 5.41. The first kappa shape index (κ1) is 120. The fourth-order valence-electron chi connectivity index (χ4n) is 12.3. The Balaban J connectivity index is 0.000000722. The van der Waals surface area contributed by atoms with Crippen LogP contribution in [-0.2, 0) is 0 Å². The number of ether oxygens (including phenoxy) is 2. The van der Waals surface area contributed by atoms with Crippen molar-refractivity contribution in [1.29, 1.82) is 0 Å². The van der Waals surface area contributed by atoms with Crippen molar-refractivity contribution in [2.24, 2.45) is 0 Å². The molecule has 14 rings (SSSR count). The van der Waals surface area contributed by atoms with Gasteiger partial charge in [0.2, 0.25) is 0 Å². The Morgan fingerprint density at radius 2 is 0.306 bits per heavy atom. The highest BCUT2D eigenvalue weighted by atomic mass is 19.2. The summed E-state index contributed by atoms with van der Waals surface area (Å²) in [5.74, 6) is -1.80. The van der Waals surface area contributed by atoms with Crippen molar-refractivity contribution in [3.8, 4) is 11.5 Å². The minimum absolute atomic E-state index is 0.0694. The Morgan fingerprint density at radius 3 is 0.515 bits per heavy atom. The van der Waals surface area contributed by atoms with Gasteiger partial charge in [-0.05, 0) is 454 Å². The predicted octanol–water partition coefficient (Wildman–Crippen LogP) is 36.1. The largest absolute Gasteiger partial charge is 0.496 e. The second kappa shape index (κ2) is 60.3. The number of halogens is 10. The molecule has 134 heavy (non-hydrogen) atoms. The highest BCUT2D eigenvalue weighted by Gasteiger charge is 2.10. The first-order valence-corrected chi connectivity index (χ1v) is 45.0. The Hall–Kier alpha value is -12.0. The minimum atomic E-state index is -0.736. The van der Waals surface area contributed by atoms with Crippen LogP contribution in [0.5, 0.6) is 11.5 Å². The SMILES string of the molecule is COc1cc(C)ccc1C.COc1cc(C)ccc1C.Cc1cc(C)c(C)c(C)c1.Cc1cc(C)c(C)c(C)c1.Cc1cc(F)c(C)c(F)c1.Cc1cc(F)c(C)c(F)c1.Cc1ccc(C)c(C)c1.Cc1ccc(C)c(C)c1.Cc1ccc(C)c(F)c1.Cc1ccc(C)c(F)c1.Cc1ccc(C)c(F)c1C.Cc1ccc(C)c(F)c1C.Cc1ccc(C)c(F)c1F.Cc1ccc(C)cc1. The summed E-state index contributed by atoms with van der Waals surface area (Å²) < 4.78 is 137. The van der Waals surface area contributed by atoms with Crippen molar-refractivity contribution in [3.63, 3.8) is 0 Å². The molecule has 0 aromatic heterocycles. The average Bonchev–Trinajstić information content (AvgIpc) is 0.859. The van der Waals surface area contributed by atoms with Crippen LogP contribution in [0.2, 0.25) is 0 Å². The molecule has 0 amide bonds. The number of rotatable bonds is 2. The Bertz CT molecular complexity index is 5230. The van der Waals surface area contributed by atoms with E-state index in [1.54, 1.807) is 106 Å². The molecule has 0 N–H and O–H groups in total. The summed E-state index contributed by atoms with van der Waals surface area (Å²) in [7, 11) is 3.39. The van der Waals surface area contributed by atoms with Gasteiger partial charge in [0.1, 0.15) is 58.0 Å². The van der Waals surface area contributed by atoms with Gasteiger partial charge in [0.15, 0.2) is 11.6 Å². The molecule has 2 nitrogen and oxygen atoms in total. The van der Waals surface area contributed by atoms with E-state index in [4.69, 9.17) is 9.47 Å². The molecule has 0 saturated heterocycles. The van der Waals surface area contributed by atoms with E-state index in [2.05, 4.69) is 234 Å². The van der Waals surface area contributed by atoms with E-state index in [0.717, 1.165) is 56.0 Å². The summed E-state index contributed by atoms with van der Waals surface area (Å²) in [4.78, 5) is 0. The summed E-state index contributed by atoms with van der Waals surface area (Å²) in [6.45, 7) is 69.9. The highest BCUT2D eigenvalue weighted by Crippen LogP contribution is 2.24. The van der Waals surface area contributed by atoms with Gasteiger partial charge in [-0.15, -0.1) is 0 Å². The maximum Gasteiger partial charge on any atom is 0.161 e. The molecule has 0 spiro atoms. The topological polar surface area (TPSA) is 18.5 Å². The monoisotopic (exact) mass is 1840 g/mol. The van der Waals surface area contributed by atoms with Gasteiger partial charge in [-0.2, -0.15) is 0 Å².